The van der Waals surface area contributed by atoms with Crippen LogP contribution in [0.25, 0.3) is 6.08 Å². The summed E-state index contributed by atoms with van der Waals surface area (Å²) in [6.45, 7) is 9.61. The number of nitrogens with zero attached hydrogens (tertiary/aromatic N) is 1. The van der Waals surface area contributed by atoms with Crippen molar-refractivity contribution in [1.29, 1.82) is 0 Å². The number of hydrogen-bond donors (Lipinski definition) is 0. The highest BCUT2D eigenvalue weighted by molar-refractivity contribution is 6.02. The lowest BCUT2D eigenvalue weighted by Crippen LogP contribution is -2.20. The van der Waals surface area contributed by atoms with Crippen LogP contribution in [-0.4, -0.2) is 10.8 Å². The molecule has 1 aromatic heterocycles. The van der Waals surface area contributed by atoms with Crippen molar-refractivity contribution in [1.82, 2.24) is 4.98 Å². The molecule has 0 N–H and O–H groups in total. The van der Waals surface area contributed by atoms with Crippen molar-refractivity contribution in [2.45, 2.75) is 34.6 Å². The smallest absolute Gasteiger partial charge is 0.163 e. The predicted octanol–water partition coefficient (Wildman–Crippen LogP) is 3.41. The zero-order valence-electron chi connectivity index (χ0n) is 10.7. The first kappa shape index (κ1) is 12.6. The van der Waals surface area contributed by atoms with Gasteiger partial charge in [0.05, 0.1) is 0 Å². The fourth-order valence-electron chi connectivity index (χ4n) is 1.56. The van der Waals surface area contributed by atoms with Crippen molar-refractivity contribution in [2.24, 2.45) is 5.41 Å². The number of carbonyl (C=O) groups is 1. The average molecular weight is 217 g/mol. The molecule has 0 bridgehead atoms. The maximum Gasteiger partial charge on any atom is 0.163 e. The Labute approximate surface area is 97.4 Å². The maximum absolute atomic E-state index is 12.0. The summed E-state index contributed by atoms with van der Waals surface area (Å²) in [6, 6.07) is 3.88. The Kier molecular flexibility index (Phi) is 3.63. The molecule has 86 valence electrons. The van der Waals surface area contributed by atoms with Gasteiger partial charge in [-0.3, -0.25) is 9.78 Å². The molecule has 16 heavy (non-hydrogen) atoms. The van der Waals surface area contributed by atoms with E-state index in [0.29, 0.717) is 0 Å². The van der Waals surface area contributed by atoms with Crippen LogP contribution < -0.4 is 0 Å². The summed E-state index contributed by atoms with van der Waals surface area (Å²) in [5, 5.41) is 0. The number of hydrogen-bond acceptors (Lipinski definition) is 2. The molecule has 1 heterocycles. The van der Waals surface area contributed by atoms with Gasteiger partial charge in [0, 0.05) is 17.3 Å². The van der Waals surface area contributed by atoms with Gasteiger partial charge in [0.1, 0.15) is 0 Å². The molecule has 0 aliphatic heterocycles. The fourth-order valence-corrected chi connectivity index (χ4v) is 1.56. The van der Waals surface area contributed by atoms with E-state index in [-0.39, 0.29) is 11.2 Å². The number of carbonyl (C=O) groups excluding carboxylic acids is 1. The van der Waals surface area contributed by atoms with Crippen LogP contribution in [0.2, 0.25) is 0 Å². The summed E-state index contributed by atoms with van der Waals surface area (Å²) in [4.78, 5) is 16.1. The number of aryl methyl sites for hydroxylation is 1. The molecule has 0 aliphatic carbocycles. The van der Waals surface area contributed by atoms with E-state index in [9.17, 15) is 4.79 Å². The molecule has 1 rings (SSSR count). The van der Waals surface area contributed by atoms with Gasteiger partial charge in [-0.1, -0.05) is 20.8 Å². The van der Waals surface area contributed by atoms with Gasteiger partial charge in [-0.25, -0.2) is 0 Å². The van der Waals surface area contributed by atoms with Gasteiger partial charge in [-0.15, -0.1) is 0 Å². The van der Waals surface area contributed by atoms with Crippen molar-refractivity contribution in [3.63, 3.8) is 0 Å². The van der Waals surface area contributed by atoms with E-state index >= 15 is 0 Å². The first-order valence-corrected chi connectivity index (χ1v) is 5.46. The van der Waals surface area contributed by atoms with Gasteiger partial charge in [-0.2, -0.15) is 0 Å². The number of aromatic nitrogens is 1. The number of Topliss-reactive ketones (excluding diaryl/α,β-unsaturated/α-hetero) is 1. The molecule has 0 spiro atoms. The fraction of sp³-hybridized carbons (Fsp3) is 0.429. The Balaban J connectivity index is 2.98. The van der Waals surface area contributed by atoms with Crippen LogP contribution in [0.5, 0.6) is 0 Å². The second-order valence-corrected chi connectivity index (χ2v) is 5.14. The van der Waals surface area contributed by atoms with Gasteiger partial charge in [0.2, 0.25) is 0 Å². The number of rotatable bonds is 2. The van der Waals surface area contributed by atoms with Crippen LogP contribution in [0, 0.1) is 12.3 Å². The van der Waals surface area contributed by atoms with Gasteiger partial charge in [0.25, 0.3) is 0 Å². The lowest BCUT2D eigenvalue weighted by atomic mass is 9.86. The molecule has 0 saturated carbocycles. The van der Waals surface area contributed by atoms with E-state index in [0.717, 1.165) is 16.8 Å². The molecule has 2 heteroatoms. The highest BCUT2D eigenvalue weighted by atomic mass is 16.1. The average Bonchev–Trinajstić information content (AvgIpc) is 2.15. The van der Waals surface area contributed by atoms with E-state index in [1.54, 1.807) is 6.20 Å². The second-order valence-electron chi connectivity index (χ2n) is 5.14. The van der Waals surface area contributed by atoms with Gasteiger partial charge in [-0.05, 0) is 43.2 Å². The monoisotopic (exact) mass is 217 g/mol. The van der Waals surface area contributed by atoms with E-state index < -0.39 is 0 Å². The zero-order chi connectivity index (χ0) is 12.3. The molecule has 0 fully saturated rings. The van der Waals surface area contributed by atoms with Crippen LogP contribution in [0.3, 0.4) is 0 Å². The largest absolute Gasteiger partial charge is 0.294 e. The Bertz CT molecular complexity index is 425. The van der Waals surface area contributed by atoms with E-state index in [2.05, 4.69) is 4.98 Å². The summed E-state index contributed by atoms with van der Waals surface area (Å²) in [5.74, 6) is 0.182. The summed E-state index contributed by atoms with van der Waals surface area (Å²) < 4.78 is 0. The summed E-state index contributed by atoms with van der Waals surface area (Å²) >= 11 is 0. The van der Waals surface area contributed by atoms with Crippen molar-refractivity contribution in [2.75, 3.05) is 0 Å². The standard InChI is InChI=1S/C14H19NO/c1-10(13(16)14(3,4)5)8-12-6-7-15-11(2)9-12/h6-9H,1-5H3/b10-8-. The summed E-state index contributed by atoms with van der Waals surface area (Å²) in [6.07, 6.45) is 3.68. The molecular formula is C14H19NO. The van der Waals surface area contributed by atoms with Crippen LogP contribution in [-0.2, 0) is 4.79 Å². The van der Waals surface area contributed by atoms with Gasteiger partial charge >= 0.3 is 0 Å². The maximum atomic E-state index is 12.0. The highest BCUT2D eigenvalue weighted by Gasteiger charge is 2.22. The molecule has 0 radical (unpaired) electrons. The zero-order valence-corrected chi connectivity index (χ0v) is 10.7. The third-order valence-corrected chi connectivity index (χ3v) is 2.34. The normalized spacial score (nSPS) is 12.7. The lowest BCUT2D eigenvalue weighted by Gasteiger charge is -2.16. The SMILES string of the molecule is C/C(=C/c1ccnc(C)c1)C(=O)C(C)(C)C. The van der Waals surface area contributed by atoms with Crippen LogP contribution in [0.1, 0.15) is 39.0 Å². The molecule has 0 atom stereocenters. The highest BCUT2D eigenvalue weighted by Crippen LogP contribution is 2.21. The Morgan fingerprint density at radius 2 is 2.00 bits per heavy atom. The molecular weight excluding hydrogens is 198 g/mol. The van der Waals surface area contributed by atoms with Crippen LogP contribution >= 0.6 is 0 Å². The topological polar surface area (TPSA) is 30.0 Å². The van der Waals surface area contributed by atoms with E-state index in [1.165, 1.54) is 0 Å². The second kappa shape index (κ2) is 4.60. The van der Waals surface area contributed by atoms with Gasteiger partial charge in [0.15, 0.2) is 5.78 Å². The van der Waals surface area contributed by atoms with E-state index in [4.69, 9.17) is 0 Å². The summed E-state index contributed by atoms with van der Waals surface area (Å²) in [5.41, 5.74) is 2.47. The van der Waals surface area contributed by atoms with Crippen molar-refractivity contribution in [3.8, 4) is 0 Å². The third kappa shape index (κ3) is 3.30. The lowest BCUT2D eigenvalue weighted by molar-refractivity contribution is -0.122. The van der Waals surface area contributed by atoms with E-state index in [1.807, 2.05) is 52.8 Å². The number of ketones is 1. The first-order chi connectivity index (χ1) is 7.30. The van der Waals surface area contributed by atoms with Crippen molar-refractivity contribution < 1.29 is 4.79 Å². The molecule has 1 aromatic rings. The quantitative estimate of drug-likeness (QED) is 0.710. The minimum atomic E-state index is -0.317. The Morgan fingerprint density at radius 1 is 1.38 bits per heavy atom. The minimum absolute atomic E-state index is 0.182. The predicted molar refractivity (Wildman–Crippen MR) is 67.1 cm³/mol. The van der Waals surface area contributed by atoms with Crippen LogP contribution in [0.15, 0.2) is 23.9 Å². The minimum Gasteiger partial charge on any atom is -0.294 e. The Morgan fingerprint density at radius 3 is 2.50 bits per heavy atom. The molecule has 2 nitrogen and oxygen atoms in total. The summed E-state index contributed by atoms with van der Waals surface area (Å²) in [7, 11) is 0. The molecule has 0 aliphatic rings. The van der Waals surface area contributed by atoms with Crippen molar-refractivity contribution >= 4 is 11.9 Å². The molecule has 0 aromatic carbocycles. The number of allylic oxidation sites excluding steroid dienone is 1. The van der Waals surface area contributed by atoms with Crippen molar-refractivity contribution in [3.05, 3.63) is 35.2 Å². The molecule has 0 unspecified atom stereocenters. The number of pyridine rings is 1. The molecule has 0 saturated heterocycles. The Hall–Kier alpha value is -1.44. The first-order valence-electron chi connectivity index (χ1n) is 5.46. The van der Waals surface area contributed by atoms with Crippen LogP contribution in [0.4, 0.5) is 0 Å². The third-order valence-electron chi connectivity index (χ3n) is 2.34. The molecule has 0 amide bonds. The van der Waals surface area contributed by atoms with Gasteiger partial charge < -0.3 is 0 Å².